The number of ether oxygens (including phenoxy) is 1. The summed E-state index contributed by atoms with van der Waals surface area (Å²) >= 11 is 0. The molecule has 0 aliphatic heterocycles. The summed E-state index contributed by atoms with van der Waals surface area (Å²) in [6.45, 7) is 0.850. The molecule has 0 amide bonds. The van der Waals surface area contributed by atoms with Gasteiger partial charge in [-0.3, -0.25) is 0 Å². The van der Waals surface area contributed by atoms with E-state index in [4.69, 9.17) is 5.11 Å². The van der Waals surface area contributed by atoms with Crippen molar-refractivity contribution >= 4 is 5.97 Å². The number of carbonyl (C=O) groups is 1. The molecule has 4 heteroatoms. The number of aromatic carboxylic acids is 1. The summed E-state index contributed by atoms with van der Waals surface area (Å²) in [5.74, 6) is -0.721. The van der Waals surface area contributed by atoms with Crippen molar-refractivity contribution in [3.05, 3.63) is 29.3 Å². The highest BCUT2D eigenvalue weighted by Gasteiger charge is 2.12. The molecule has 0 radical (unpaired) electrons. The maximum Gasteiger partial charge on any atom is 0.336 e. The molecule has 0 atom stereocenters. The number of alkyl halides is 1. The van der Waals surface area contributed by atoms with Gasteiger partial charge in [0, 0.05) is 5.56 Å². The third-order valence-electron chi connectivity index (χ3n) is 1.93. The van der Waals surface area contributed by atoms with Gasteiger partial charge in [-0.15, -0.1) is 0 Å². The lowest BCUT2D eigenvalue weighted by molar-refractivity contribution is 0.0694. The summed E-state index contributed by atoms with van der Waals surface area (Å²) < 4.78 is 16.6. The average Bonchev–Trinajstić information content (AvgIpc) is 2.18. The van der Waals surface area contributed by atoms with E-state index in [-0.39, 0.29) is 5.56 Å². The molecule has 14 heavy (non-hydrogen) atoms. The van der Waals surface area contributed by atoms with Gasteiger partial charge in [-0.25, -0.2) is 9.18 Å². The third kappa shape index (κ3) is 2.02. The molecule has 0 heterocycles. The van der Waals surface area contributed by atoms with Crippen LogP contribution in [0.25, 0.3) is 0 Å². The van der Waals surface area contributed by atoms with Crippen LogP contribution in [0.5, 0.6) is 5.75 Å². The van der Waals surface area contributed by atoms with Gasteiger partial charge in [-0.1, -0.05) is 13.0 Å². The molecule has 1 aromatic rings. The van der Waals surface area contributed by atoms with Crippen molar-refractivity contribution in [2.24, 2.45) is 0 Å². The van der Waals surface area contributed by atoms with Gasteiger partial charge in [-0.2, -0.15) is 0 Å². The SMILES string of the molecule is CCc1c(OCF)cccc1C(=O)O. The molecule has 0 unspecified atom stereocenters. The first kappa shape index (κ1) is 10.5. The van der Waals surface area contributed by atoms with E-state index in [2.05, 4.69) is 4.74 Å². The minimum absolute atomic E-state index is 0.165. The Labute approximate surface area is 81.1 Å². The van der Waals surface area contributed by atoms with E-state index in [9.17, 15) is 9.18 Å². The van der Waals surface area contributed by atoms with Crippen LogP contribution in [0.4, 0.5) is 4.39 Å². The van der Waals surface area contributed by atoms with Gasteiger partial charge >= 0.3 is 5.97 Å². The van der Waals surface area contributed by atoms with Gasteiger partial charge in [0.2, 0.25) is 6.86 Å². The monoisotopic (exact) mass is 198 g/mol. The lowest BCUT2D eigenvalue weighted by atomic mass is 10.0. The van der Waals surface area contributed by atoms with Crippen LogP contribution < -0.4 is 4.74 Å². The van der Waals surface area contributed by atoms with Crippen LogP contribution in [-0.2, 0) is 6.42 Å². The van der Waals surface area contributed by atoms with E-state index >= 15 is 0 Å². The molecule has 76 valence electrons. The highest BCUT2D eigenvalue weighted by molar-refractivity contribution is 5.90. The van der Waals surface area contributed by atoms with Crippen molar-refractivity contribution in [1.82, 2.24) is 0 Å². The zero-order chi connectivity index (χ0) is 10.6. The molecule has 1 rings (SSSR count). The zero-order valence-corrected chi connectivity index (χ0v) is 7.79. The average molecular weight is 198 g/mol. The quantitative estimate of drug-likeness (QED) is 0.807. The summed E-state index contributed by atoms with van der Waals surface area (Å²) in [4.78, 5) is 10.8. The summed E-state index contributed by atoms with van der Waals surface area (Å²) in [6, 6.07) is 4.57. The Bertz CT molecular complexity index is 336. The standard InChI is InChI=1S/C10H11FO3/c1-2-7-8(10(12)13)4-3-5-9(7)14-6-11/h3-5H,2,6H2,1H3,(H,12,13). The van der Waals surface area contributed by atoms with Crippen LogP contribution in [-0.4, -0.2) is 17.9 Å². The second-order valence-electron chi connectivity index (χ2n) is 2.69. The molecule has 0 saturated carbocycles. The van der Waals surface area contributed by atoms with Gasteiger partial charge in [-0.05, 0) is 18.6 Å². The van der Waals surface area contributed by atoms with Crippen molar-refractivity contribution in [1.29, 1.82) is 0 Å². The number of halogens is 1. The van der Waals surface area contributed by atoms with Crippen molar-refractivity contribution in [2.75, 3.05) is 6.86 Å². The van der Waals surface area contributed by atoms with E-state index < -0.39 is 12.8 Å². The zero-order valence-electron chi connectivity index (χ0n) is 7.79. The number of carboxylic acid groups (broad SMARTS) is 1. The first-order valence-electron chi connectivity index (χ1n) is 4.24. The second kappa shape index (κ2) is 4.60. The van der Waals surface area contributed by atoms with Crippen molar-refractivity contribution < 1.29 is 19.0 Å². The molecule has 0 aliphatic rings. The topological polar surface area (TPSA) is 46.5 Å². The first-order chi connectivity index (χ1) is 6.70. The Morgan fingerprint density at radius 1 is 1.57 bits per heavy atom. The summed E-state index contributed by atoms with van der Waals surface area (Å²) in [5, 5.41) is 8.84. The fourth-order valence-electron chi connectivity index (χ4n) is 1.32. The number of rotatable bonds is 4. The van der Waals surface area contributed by atoms with Gasteiger partial charge < -0.3 is 9.84 Å². The highest BCUT2D eigenvalue weighted by atomic mass is 19.1. The van der Waals surface area contributed by atoms with Crippen molar-refractivity contribution in [2.45, 2.75) is 13.3 Å². The molecule has 0 aromatic heterocycles. The molecule has 0 aliphatic carbocycles. The minimum Gasteiger partial charge on any atom is -0.478 e. The van der Waals surface area contributed by atoms with Crippen LogP contribution in [0.15, 0.2) is 18.2 Å². The van der Waals surface area contributed by atoms with Crippen molar-refractivity contribution in [3.8, 4) is 5.75 Å². The number of hydrogen-bond acceptors (Lipinski definition) is 2. The molecule has 0 fully saturated rings. The van der Waals surface area contributed by atoms with Gasteiger partial charge in [0.05, 0.1) is 5.56 Å². The Morgan fingerprint density at radius 3 is 2.79 bits per heavy atom. The molecule has 1 N–H and O–H groups in total. The molecular formula is C10H11FO3. The summed E-state index contributed by atoms with van der Waals surface area (Å²) in [7, 11) is 0. The predicted molar refractivity (Wildman–Crippen MR) is 49.4 cm³/mol. The fourth-order valence-corrected chi connectivity index (χ4v) is 1.32. The van der Waals surface area contributed by atoms with Crippen LogP contribution in [0, 0.1) is 0 Å². The van der Waals surface area contributed by atoms with E-state index in [1.54, 1.807) is 13.0 Å². The van der Waals surface area contributed by atoms with Crippen LogP contribution >= 0.6 is 0 Å². The first-order valence-corrected chi connectivity index (χ1v) is 4.24. The van der Waals surface area contributed by atoms with Gasteiger partial charge in [0.1, 0.15) is 5.75 Å². The smallest absolute Gasteiger partial charge is 0.336 e. The lowest BCUT2D eigenvalue weighted by Gasteiger charge is -2.09. The Kier molecular flexibility index (Phi) is 3.45. The summed E-state index contributed by atoms with van der Waals surface area (Å²) in [5.41, 5.74) is 0.691. The Hall–Kier alpha value is -1.58. The summed E-state index contributed by atoms with van der Waals surface area (Å²) in [6.07, 6.45) is 0.498. The maximum atomic E-state index is 12.0. The predicted octanol–water partition coefficient (Wildman–Crippen LogP) is 2.25. The van der Waals surface area contributed by atoms with Crippen LogP contribution in [0.2, 0.25) is 0 Å². The van der Waals surface area contributed by atoms with E-state index in [1.165, 1.54) is 12.1 Å². The minimum atomic E-state index is -1.02. The third-order valence-corrected chi connectivity index (χ3v) is 1.93. The van der Waals surface area contributed by atoms with E-state index in [0.717, 1.165) is 0 Å². The van der Waals surface area contributed by atoms with E-state index in [1.807, 2.05) is 0 Å². The molecule has 3 nitrogen and oxygen atoms in total. The number of hydrogen-bond donors (Lipinski definition) is 1. The maximum absolute atomic E-state index is 12.0. The fraction of sp³-hybridized carbons (Fsp3) is 0.300. The number of benzene rings is 1. The largest absolute Gasteiger partial charge is 0.478 e. The van der Waals surface area contributed by atoms with Gasteiger partial charge in [0.15, 0.2) is 0 Å². The molecule has 0 bridgehead atoms. The molecule has 1 aromatic carbocycles. The van der Waals surface area contributed by atoms with E-state index in [0.29, 0.717) is 17.7 Å². The number of carboxylic acids is 1. The Morgan fingerprint density at radius 2 is 2.29 bits per heavy atom. The normalized spacial score (nSPS) is 9.86. The molecule has 0 saturated heterocycles. The van der Waals surface area contributed by atoms with Crippen molar-refractivity contribution in [3.63, 3.8) is 0 Å². The molecular weight excluding hydrogens is 187 g/mol. The Balaban J connectivity index is 3.17. The highest BCUT2D eigenvalue weighted by Crippen LogP contribution is 2.23. The second-order valence-corrected chi connectivity index (χ2v) is 2.69. The van der Waals surface area contributed by atoms with Crippen LogP contribution in [0.3, 0.4) is 0 Å². The lowest BCUT2D eigenvalue weighted by Crippen LogP contribution is -2.04. The molecule has 0 spiro atoms. The van der Waals surface area contributed by atoms with Crippen LogP contribution in [0.1, 0.15) is 22.8 Å². The van der Waals surface area contributed by atoms with Gasteiger partial charge in [0.25, 0.3) is 0 Å².